The second kappa shape index (κ2) is 5.57. The van der Waals surface area contributed by atoms with Crippen molar-refractivity contribution in [2.45, 2.75) is 46.1 Å². The summed E-state index contributed by atoms with van der Waals surface area (Å²) in [4.78, 5) is 7.22. The Morgan fingerprint density at radius 2 is 2.00 bits per heavy atom. The average molecular weight is 271 g/mol. The minimum atomic E-state index is 0.563. The van der Waals surface area contributed by atoms with Crippen molar-refractivity contribution in [1.82, 2.24) is 14.5 Å². The lowest BCUT2D eigenvalue weighted by atomic mass is 10.2. The van der Waals surface area contributed by atoms with Crippen LogP contribution in [0.5, 0.6) is 0 Å². The van der Waals surface area contributed by atoms with Gasteiger partial charge in [-0.15, -0.1) is 0 Å². The van der Waals surface area contributed by atoms with Crippen molar-refractivity contribution in [2.24, 2.45) is 0 Å². The van der Waals surface area contributed by atoms with Gasteiger partial charge in [0.05, 0.1) is 11.0 Å². The van der Waals surface area contributed by atoms with Crippen LogP contribution >= 0.6 is 0 Å². The molecule has 0 bridgehead atoms. The van der Waals surface area contributed by atoms with Crippen LogP contribution in [0.3, 0.4) is 0 Å². The van der Waals surface area contributed by atoms with Gasteiger partial charge in [0.15, 0.2) is 0 Å². The molecule has 1 fully saturated rings. The summed E-state index contributed by atoms with van der Waals surface area (Å²) in [5.41, 5.74) is 5.00. The maximum Gasteiger partial charge on any atom is 0.0910 e. The van der Waals surface area contributed by atoms with Crippen LogP contribution in [0.1, 0.15) is 43.4 Å². The van der Waals surface area contributed by atoms with Crippen LogP contribution in [0.2, 0.25) is 0 Å². The third kappa shape index (κ3) is 2.47. The average Bonchev–Trinajstić information content (AvgIpc) is 3.04. The molecule has 0 aromatic carbocycles. The molecule has 1 atom stereocenters. The molecule has 0 amide bonds. The van der Waals surface area contributed by atoms with Crippen LogP contribution in [-0.2, 0) is 0 Å². The van der Waals surface area contributed by atoms with Crippen LogP contribution < -0.4 is 0 Å². The highest BCUT2D eigenvalue weighted by Crippen LogP contribution is 2.26. The van der Waals surface area contributed by atoms with E-state index in [1.165, 1.54) is 55.5 Å². The van der Waals surface area contributed by atoms with E-state index in [4.69, 9.17) is 0 Å². The van der Waals surface area contributed by atoms with Gasteiger partial charge in [-0.25, -0.2) is 0 Å². The number of likely N-dealkylation sites (tertiary alicyclic amines) is 1. The van der Waals surface area contributed by atoms with Crippen molar-refractivity contribution in [1.29, 1.82) is 0 Å². The summed E-state index contributed by atoms with van der Waals surface area (Å²) in [5, 5.41) is 0. The number of pyridine rings is 1. The summed E-state index contributed by atoms with van der Waals surface area (Å²) in [7, 11) is 0. The highest BCUT2D eigenvalue weighted by molar-refractivity contribution is 5.80. The topological polar surface area (TPSA) is 21.1 Å². The summed E-state index contributed by atoms with van der Waals surface area (Å²) < 4.78 is 2.46. The quantitative estimate of drug-likeness (QED) is 0.845. The molecule has 108 valence electrons. The zero-order valence-corrected chi connectivity index (χ0v) is 12.9. The minimum Gasteiger partial charge on any atom is -0.342 e. The number of nitrogens with zero attached hydrogens (tertiary/aromatic N) is 3. The molecule has 0 radical (unpaired) electrons. The molecule has 1 saturated heterocycles. The molecular formula is C17H25N3. The standard InChI is InChI=1S/C17H25N3/c1-4-15(12-19-7-5-6-8-19)20-11-14(3)17-16(20)9-13(2)10-18-17/h9-11,15H,4-8,12H2,1-3H3/t15-/m0/s1. The van der Waals surface area contributed by atoms with Crippen molar-refractivity contribution in [3.63, 3.8) is 0 Å². The molecular weight excluding hydrogens is 246 g/mol. The number of aryl methyl sites for hydroxylation is 2. The SMILES string of the molecule is CC[C@@H](CN1CCCC1)n1cc(C)c2ncc(C)cc21. The van der Waals surface area contributed by atoms with Crippen LogP contribution in [0, 0.1) is 13.8 Å². The Balaban J connectivity index is 1.95. The minimum absolute atomic E-state index is 0.563. The second-order valence-corrected chi connectivity index (χ2v) is 6.17. The van der Waals surface area contributed by atoms with Crippen LogP contribution in [0.15, 0.2) is 18.5 Å². The van der Waals surface area contributed by atoms with E-state index in [1.807, 2.05) is 6.20 Å². The molecule has 0 spiro atoms. The van der Waals surface area contributed by atoms with Crippen LogP contribution in [0.4, 0.5) is 0 Å². The largest absolute Gasteiger partial charge is 0.342 e. The van der Waals surface area contributed by atoms with E-state index in [-0.39, 0.29) is 0 Å². The van der Waals surface area contributed by atoms with Crippen LogP contribution in [0.25, 0.3) is 11.0 Å². The number of hydrogen-bond donors (Lipinski definition) is 0. The van der Waals surface area contributed by atoms with Gasteiger partial charge in [0.2, 0.25) is 0 Å². The molecule has 3 heterocycles. The lowest BCUT2D eigenvalue weighted by Crippen LogP contribution is -2.28. The third-order valence-corrected chi connectivity index (χ3v) is 4.52. The molecule has 3 nitrogen and oxygen atoms in total. The van der Waals surface area contributed by atoms with E-state index in [2.05, 4.69) is 47.5 Å². The maximum absolute atomic E-state index is 4.62. The smallest absolute Gasteiger partial charge is 0.0910 e. The van der Waals surface area contributed by atoms with Gasteiger partial charge in [0, 0.05) is 25.0 Å². The van der Waals surface area contributed by atoms with Crippen LogP contribution in [-0.4, -0.2) is 34.1 Å². The number of aromatic nitrogens is 2. The summed E-state index contributed by atoms with van der Waals surface area (Å²) in [6, 6.07) is 2.84. The summed E-state index contributed by atoms with van der Waals surface area (Å²) in [6.07, 6.45) is 8.17. The summed E-state index contributed by atoms with van der Waals surface area (Å²) in [5.74, 6) is 0. The lowest BCUT2D eigenvalue weighted by molar-refractivity contribution is 0.276. The van der Waals surface area contributed by atoms with E-state index in [9.17, 15) is 0 Å². The molecule has 0 saturated carbocycles. The Kier molecular flexibility index (Phi) is 3.79. The zero-order chi connectivity index (χ0) is 14.1. The molecule has 1 aliphatic heterocycles. The Morgan fingerprint density at radius 1 is 1.25 bits per heavy atom. The van der Waals surface area contributed by atoms with Crippen molar-refractivity contribution < 1.29 is 0 Å². The van der Waals surface area contributed by atoms with Gasteiger partial charge in [0.1, 0.15) is 0 Å². The fourth-order valence-electron chi connectivity index (χ4n) is 3.37. The number of fused-ring (bicyclic) bond motifs is 1. The van der Waals surface area contributed by atoms with Crippen molar-refractivity contribution in [3.8, 4) is 0 Å². The first-order valence-electron chi connectivity index (χ1n) is 7.85. The fourth-order valence-corrected chi connectivity index (χ4v) is 3.37. The monoisotopic (exact) mass is 271 g/mol. The zero-order valence-electron chi connectivity index (χ0n) is 12.9. The Bertz CT molecular complexity index is 594. The van der Waals surface area contributed by atoms with Gasteiger partial charge >= 0.3 is 0 Å². The Labute approximate surface area is 121 Å². The first-order valence-corrected chi connectivity index (χ1v) is 7.85. The molecule has 3 rings (SSSR count). The molecule has 0 N–H and O–H groups in total. The molecule has 0 unspecified atom stereocenters. The molecule has 2 aromatic rings. The van der Waals surface area contributed by atoms with E-state index < -0.39 is 0 Å². The van der Waals surface area contributed by atoms with Crippen molar-refractivity contribution >= 4 is 11.0 Å². The van der Waals surface area contributed by atoms with Gasteiger partial charge in [-0.1, -0.05) is 6.92 Å². The van der Waals surface area contributed by atoms with Gasteiger partial charge in [0.25, 0.3) is 0 Å². The van der Waals surface area contributed by atoms with E-state index in [0.717, 1.165) is 5.52 Å². The molecule has 1 aliphatic rings. The Morgan fingerprint density at radius 3 is 2.70 bits per heavy atom. The Hall–Kier alpha value is -1.35. The molecule has 2 aromatic heterocycles. The highest BCUT2D eigenvalue weighted by atomic mass is 15.2. The first kappa shape index (κ1) is 13.6. The third-order valence-electron chi connectivity index (χ3n) is 4.52. The molecule has 0 aliphatic carbocycles. The van der Waals surface area contributed by atoms with Crippen molar-refractivity contribution in [3.05, 3.63) is 29.6 Å². The number of rotatable bonds is 4. The maximum atomic E-state index is 4.62. The summed E-state index contributed by atoms with van der Waals surface area (Å²) in [6.45, 7) is 10.3. The summed E-state index contributed by atoms with van der Waals surface area (Å²) >= 11 is 0. The van der Waals surface area contributed by atoms with E-state index in [0.29, 0.717) is 6.04 Å². The van der Waals surface area contributed by atoms with Gasteiger partial charge in [-0.05, 0) is 63.4 Å². The predicted octanol–water partition coefficient (Wildman–Crippen LogP) is 3.70. The number of hydrogen-bond acceptors (Lipinski definition) is 2. The highest BCUT2D eigenvalue weighted by Gasteiger charge is 2.19. The lowest BCUT2D eigenvalue weighted by Gasteiger charge is -2.24. The predicted molar refractivity (Wildman–Crippen MR) is 84.2 cm³/mol. The first-order chi connectivity index (χ1) is 9.69. The normalized spacial score (nSPS) is 17.9. The molecule has 3 heteroatoms. The van der Waals surface area contributed by atoms with E-state index >= 15 is 0 Å². The van der Waals surface area contributed by atoms with Gasteiger partial charge in [-0.2, -0.15) is 0 Å². The van der Waals surface area contributed by atoms with E-state index in [1.54, 1.807) is 0 Å². The second-order valence-electron chi connectivity index (χ2n) is 6.17. The molecule has 20 heavy (non-hydrogen) atoms. The fraction of sp³-hybridized carbons (Fsp3) is 0.588. The van der Waals surface area contributed by atoms with Gasteiger partial charge in [-0.3, -0.25) is 4.98 Å². The van der Waals surface area contributed by atoms with Gasteiger partial charge < -0.3 is 9.47 Å². The van der Waals surface area contributed by atoms with Crippen molar-refractivity contribution in [2.75, 3.05) is 19.6 Å².